The summed E-state index contributed by atoms with van der Waals surface area (Å²) in [5, 5.41) is 2.96. The van der Waals surface area contributed by atoms with E-state index in [9.17, 15) is 9.59 Å². The minimum Gasteiger partial charge on any atom is -0.463 e. The zero-order valence-electron chi connectivity index (χ0n) is 14.2. The van der Waals surface area contributed by atoms with Crippen LogP contribution in [0.1, 0.15) is 40.0 Å². The van der Waals surface area contributed by atoms with E-state index in [0.717, 1.165) is 18.5 Å². The molecule has 0 aliphatic carbocycles. The first-order valence-corrected chi connectivity index (χ1v) is 8.27. The number of benzene rings is 1. The molecule has 0 aliphatic heterocycles. The van der Waals surface area contributed by atoms with Crippen LogP contribution in [0.3, 0.4) is 0 Å². The standard InChI is InChI=1S/C19H27NO3/c1-4-9-16(14-15(3)12-13-18(21)23-5-2)19(22)20-17-10-7-6-8-11-17/h6-8,10-13,15-16H,4-5,9,14H2,1-3H3,(H,20,22)/b13-12+. The fourth-order valence-electron chi connectivity index (χ4n) is 2.43. The van der Waals surface area contributed by atoms with Gasteiger partial charge >= 0.3 is 5.97 Å². The summed E-state index contributed by atoms with van der Waals surface area (Å²) in [6.07, 6.45) is 5.75. The van der Waals surface area contributed by atoms with Crippen LogP contribution in [-0.2, 0) is 14.3 Å². The van der Waals surface area contributed by atoms with Gasteiger partial charge in [0.2, 0.25) is 5.91 Å². The van der Waals surface area contributed by atoms with Gasteiger partial charge in [-0.1, -0.05) is 44.5 Å². The summed E-state index contributed by atoms with van der Waals surface area (Å²) < 4.78 is 4.87. The number of nitrogens with one attached hydrogen (secondary N) is 1. The highest BCUT2D eigenvalue weighted by atomic mass is 16.5. The van der Waals surface area contributed by atoms with E-state index in [4.69, 9.17) is 4.74 Å². The van der Waals surface area contributed by atoms with Crippen LogP contribution in [0.15, 0.2) is 42.5 Å². The first-order chi connectivity index (χ1) is 11.1. The maximum absolute atomic E-state index is 12.5. The van der Waals surface area contributed by atoms with E-state index in [1.165, 1.54) is 6.08 Å². The number of carbonyl (C=O) groups is 2. The molecule has 126 valence electrons. The molecule has 0 spiro atoms. The molecule has 1 N–H and O–H groups in total. The van der Waals surface area contributed by atoms with Gasteiger partial charge in [0.25, 0.3) is 0 Å². The van der Waals surface area contributed by atoms with Gasteiger partial charge in [-0.25, -0.2) is 4.79 Å². The molecule has 0 fully saturated rings. The summed E-state index contributed by atoms with van der Waals surface area (Å²) in [7, 11) is 0. The Labute approximate surface area is 138 Å². The molecule has 2 unspecified atom stereocenters. The van der Waals surface area contributed by atoms with E-state index in [0.29, 0.717) is 13.0 Å². The van der Waals surface area contributed by atoms with E-state index in [2.05, 4.69) is 12.2 Å². The minimum absolute atomic E-state index is 0.0365. The van der Waals surface area contributed by atoms with E-state index in [1.54, 1.807) is 6.92 Å². The zero-order chi connectivity index (χ0) is 17.1. The lowest BCUT2D eigenvalue weighted by atomic mass is 9.91. The van der Waals surface area contributed by atoms with Gasteiger partial charge in [0, 0.05) is 17.7 Å². The molecule has 0 aromatic heterocycles. The third-order valence-corrected chi connectivity index (χ3v) is 3.55. The highest BCUT2D eigenvalue weighted by molar-refractivity contribution is 5.92. The monoisotopic (exact) mass is 317 g/mol. The first-order valence-electron chi connectivity index (χ1n) is 8.27. The molecule has 4 nitrogen and oxygen atoms in total. The second-order valence-electron chi connectivity index (χ2n) is 5.67. The van der Waals surface area contributed by atoms with Gasteiger partial charge in [0.1, 0.15) is 0 Å². The Morgan fingerprint density at radius 3 is 2.52 bits per heavy atom. The highest BCUT2D eigenvalue weighted by Crippen LogP contribution is 2.20. The molecule has 1 amide bonds. The smallest absolute Gasteiger partial charge is 0.330 e. The maximum atomic E-state index is 12.5. The summed E-state index contributed by atoms with van der Waals surface area (Å²) in [6.45, 7) is 6.23. The molecule has 23 heavy (non-hydrogen) atoms. The van der Waals surface area contributed by atoms with Crippen LogP contribution in [0.4, 0.5) is 5.69 Å². The Balaban J connectivity index is 2.59. The number of para-hydroxylation sites is 1. The summed E-state index contributed by atoms with van der Waals surface area (Å²) in [5.74, 6) is -0.228. The number of rotatable bonds is 9. The van der Waals surface area contributed by atoms with Gasteiger partial charge in [-0.3, -0.25) is 4.79 Å². The number of ether oxygens (including phenoxy) is 1. The van der Waals surface area contributed by atoms with Crippen LogP contribution in [0, 0.1) is 11.8 Å². The van der Waals surface area contributed by atoms with Gasteiger partial charge in [-0.15, -0.1) is 0 Å². The second-order valence-corrected chi connectivity index (χ2v) is 5.67. The minimum atomic E-state index is -0.333. The van der Waals surface area contributed by atoms with Crippen LogP contribution < -0.4 is 5.32 Å². The van der Waals surface area contributed by atoms with Crippen molar-refractivity contribution in [3.63, 3.8) is 0 Å². The highest BCUT2D eigenvalue weighted by Gasteiger charge is 2.19. The average molecular weight is 317 g/mol. The van der Waals surface area contributed by atoms with E-state index in [-0.39, 0.29) is 23.7 Å². The Morgan fingerprint density at radius 2 is 1.91 bits per heavy atom. The molecule has 1 aromatic rings. The van der Waals surface area contributed by atoms with Crippen molar-refractivity contribution in [3.05, 3.63) is 42.5 Å². The number of allylic oxidation sites excluding steroid dienone is 1. The number of amides is 1. The summed E-state index contributed by atoms with van der Waals surface area (Å²) in [4.78, 5) is 23.8. The van der Waals surface area contributed by atoms with Crippen LogP contribution in [-0.4, -0.2) is 18.5 Å². The number of esters is 1. The SMILES string of the molecule is CCCC(CC(C)/C=C/C(=O)OCC)C(=O)Nc1ccccc1. The van der Waals surface area contributed by atoms with E-state index < -0.39 is 0 Å². The van der Waals surface area contributed by atoms with Gasteiger partial charge in [0.05, 0.1) is 6.61 Å². The van der Waals surface area contributed by atoms with Crippen molar-refractivity contribution < 1.29 is 14.3 Å². The predicted octanol–water partition coefficient (Wildman–Crippen LogP) is 4.19. The summed E-state index contributed by atoms with van der Waals surface area (Å²) in [6, 6.07) is 9.47. The summed E-state index contributed by atoms with van der Waals surface area (Å²) in [5.41, 5.74) is 0.813. The molecule has 0 radical (unpaired) electrons. The fraction of sp³-hybridized carbons (Fsp3) is 0.474. The van der Waals surface area contributed by atoms with E-state index >= 15 is 0 Å². The second kappa shape index (κ2) is 10.6. The molecule has 0 aliphatic rings. The van der Waals surface area contributed by atoms with Crippen LogP contribution in [0.25, 0.3) is 0 Å². The molecular formula is C19H27NO3. The number of hydrogen-bond donors (Lipinski definition) is 1. The molecule has 0 heterocycles. The van der Waals surface area contributed by atoms with Crippen LogP contribution in [0.2, 0.25) is 0 Å². The molecule has 0 saturated carbocycles. The molecule has 4 heteroatoms. The van der Waals surface area contributed by atoms with Crippen molar-refractivity contribution >= 4 is 17.6 Å². The topological polar surface area (TPSA) is 55.4 Å². The molecule has 0 bridgehead atoms. The molecular weight excluding hydrogens is 290 g/mol. The number of carbonyl (C=O) groups excluding carboxylic acids is 2. The molecule has 1 aromatic carbocycles. The normalized spacial score (nSPS) is 13.5. The quantitative estimate of drug-likeness (QED) is 0.549. The van der Waals surface area contributed by atoms with Crippen molar-refractivity contribution in [1.29, 1.82) is 0 Å². The van der Waals surface area contributed by atoms with Crippen molar-refractivity contribution in [2.75, 3.05) is 11.9 Å². The zero-order valence-corrected chi connectivity index (χ0v) is 14.2. The van der Waals surface area contributed by atoms with Crippen LogP contribution >= 0.6 is 0 Å². The number of anilines is 1. The number of hydrogen-bond acceptors (Lipinski definition) is 3. The Morgan fingerprint density at radius 1 is 1.22 bits per heavy atom. The van der Waals surface area contributed by atoms with Crippen molar-refractivity contribution in [1.82, 2.24) is 0 Å². The molecule has 1 rings (SSSR count). The van der Waals surface area contributed by atoms with Gasteiger partial charge < -0.3 is 10.1 Å². The lowest BCUT2D eigenvalue weighted by molar-refractivity contribution is -0.137. The summed E-state index contributed by atoms with van der Waals surface area (Å²) >= 11 is 0. The third-order valence-electron chi connectivity index (χ3n) is 3.55. The Hall–Kier alpha value is -2.10. The fourth-order valence-corrected chi connectivity index (χ4v) is 2.43. The van der Waals surface area contributed by atoms with Gasteiger partial charge in [-0.2, -0.15) is 0 Å². The van der Waals surface area contributed by atoms with E-state index in [1.807, 2.05) is 43.3 Å². The lowest BCUT2D eigenvalue weighted by Crippen LogP contribution is -2.24. The van der Waals surface area contributed by atoms with Crippen LogP contribution in [0.5, 0.6) is 0 Å². The average Bonchev–Trinajstić information content (AvgIpc) is 2.54. The Kier molecular flexibility index (Phi) is 8.73. The van der Waals surface area contributed by atoms with Crippen molar-refractivity contribution in [2.45, 2.75) is 40.0 Å². The maximum Gasteiger partial charge on any atom is 0.330 e. The molecule has 2 atom stereocenters. The Bertz CT molecular complexity index is 511. The third kappa shape index (κ3) is 7.63. The van der Waals surface area contributed by atoms with Gasteiger partial charge in [0.15, 0.2) is 0 Å². The largest absolute Gasteiger partial charge is 0.463 e. The molecule has 0 saturated heterocycles. The van der Waals surface area contributed by atoms with Crippen molar-refractivity contribution in [3.8, 4) is 0 Å². The van der Waals surface area contributed by atoms with Crippen molar-refractivity contribution in [2.24, 2.45) is 11.8 Å². The van der Waals surface area contributed by atoms with Gasteiger partial charge in [-0.05, 0) is 37.8 Å². The predicted molar refractivity (Wildman–Crippen MR) is 93.0 cm³/mol. The first kappa shape index (κ1) is 18.9. The lowest BCUT2D eigenvalue weighted by Gasteiger charge is -2.18.